The zero-order valence-corrected chi connectivity index (χ0v) is 12.2. The molecule has 2 aliphatic rings. The monoisotopic (exact) mass is 255 g/mol. The summed E-state index contributed by atoms with van der Waals surface area (Å²) in [5, 5.41) is 10.9. The molecule has 0 aromatic rings. The fourth-order valence-electron chi connectivity index (χ4n) is 3.96. The van der Waals surface area contributed by atoms with Crippen LogP contribution in [0.3, 0.4) is 0 Å². The number of hydrogen-bond acceptors (Lipinski definition) is 3. The topological polar surface area (TPSA) is 32.7 Å². The van der Waals surface area contributed by atoms with Crippen molar-refractivity contribution in [3.8, 4) is 0 Å². The van der Waals surface area contributed by atoms with Gasteiger partial charge in [-0.05, 0) is 45.7 Å². The van der Waals surface area contributed by atoms with Crippen molar-refractivity contribution in [2.24, 2.45) is 11.8 Å². The Kier molecular flexibility index (Phi) is 4.68. The van der Waals surface area contributed by atoms with Gasteiger partial charge in [0.1, 0.15) is 0 Å². The zero-order valence-electron chi connectivity index (χ0n) is 12.2. The molecule has 2 rings (SSSR count). The van der Waals surface area contributed by atoms with Crippen molar-refractivity contribution in [3.63, 3.8) is 0 Å². The van der Waals surface area contributed by atoms with Gasteiger partial charge in [0.25, 0.3) is 0 Å². The van der Waals surface area contributed by atoms with Crippen LogP contribution < -0.4 is 0 Å². The number of ether oxygens (including phenoxy) is 1. The van der Waals surface area contributed by atoms with Gasteiger partial charge < -0.3 is 14.7 Å². The second-order valence-electron chi connectivity index (χ2n) is 6.62. The third-order valence-corrected chi connectivity index (χ3v) is 5.09. The van der Waals surface area contributed by atoms with Gasteiger partial charge in [0.2, 0.25) is 0 Å². The highest BCUT2D eigenvalue weighted by molar-refractivity contribution is 5.01. The van der Waals surface area contributed by atoms with Crippen LogP contribution in [0.15, 0.2) is 0 Å². The van der Waals surface area contributed by atoms with Crippen LogP contribution in [0.5, 0.6) is 0 Å². The molecule has 4 unspecified atom stereocenters. The lowest BCUT2D eigenvalue weighted by Crippen LogP contribution is -2.59. The van der Waals surface area contributed by atoms with E-state index in [-0.39, 0.29) is 11.6 Å². The molecule has 3 nitrogen and oxygen atoms in total. The number of aliphatic hydroxyl groups is 1. The van der Waals surface area contributed by atoms with Gasteiger partial charge in [-0.25, -0.2) is 0 Å². The molecule has 106 valence electrons. The number of nitrogens with zero attached hydrogens (tertiary/aromatic N) is 1. The molecule has 1 saturated heterocycles. The first kappa shape index (κ1) is 14.3. The van der Waals surface area contributed by atoms with E-state index in [1.165, 1.54) is 12.8 Å². The first-order valence-corrected chi connectivity index (χ1v) is 7.49. The molecule has 2 fully saturated rings. The first-order chi connectivity index (χ1) is 8.56. The van der Waals surface area contributed by atoms with Crippen molar-refractivity contribution in [1.82, 2.24) is 4.90 Å². The summed E-state index contributed by atoms with van der Waals surface area (Å²) in [6, 6.07) is 0. The van der Waals surface area contributed by atoms with Gasteiger partial charge in [0, 0.05) is 18.1 Å². The maximum absolute atomic E-state index is 10.9. The second kappa shape index (κ2) is 5.89. The molecular formula is C15H29NO2. The number of hydrogen-bond donors (Lipinski definition) is 1. The fraction of sp³-hybridized carbons (Fsp3) is 1.00. The summed E-state index contributed by atoms with van der Waals surface area (Å²) in [6.45, 7) is 3.93. The summed E-state index contributed by atoms with van der Waals surface area (Å²) >= 11 is 0. The Labute approximate surface area is 112 Å². The Morgan fingerprint density at radius 3 is 2.61 bits per heavy atom. The molecule has 1 N–H and O–H groups in total. The summed E-state index contributed by atoms with van der Waals surface area (Å²) < 4.78 is 5.57. The third-order valence-electron chi connectivity index (χ3n) is 5.09. The lowest BCUT2D eigenvalue weighted by molar-refractivity contribution is -0.101. The van der Waals surface area contributed by atoms with E-state index < -0.39 is 0 Å². The van der Waals surface area contributed by atoms with Crippen LogP contribution in [0, 0.1) is 11.8 Å². The molecule has 1 aliphatic carbocycles. The van der Waals surface area contributed by atoms with E-state index in [0.717, 1.165) is 44.8 Å². The average Bonchev–Trinajstić information content (AvgIpc) is 2.38. The molecule has 3 heteroatoms. The largest absolute Gasteiger partial charge is 0.391 e. The number of rotatable bonds is 3. The predicted octanol–water partition coefficient (Wildman–Crippen LogP) is 2.28. The lowest BCUT2D eigenvalue weighted by atomic mass is 9.68. The van der Waals surface area contributed by atoms with Crippen LogP contribution in [-0.4, -0.2) is 49.0 Å². The highest BCUT2D eigenvalue weighted by atomic mass is 16.5. The van der Waals surface area contributed by atoms with E-state index in [1.54, 1.807) is 0 Å². The van der Waals surface area contributed by atoms with Gasteiger partial charge in [0.15, 0.2) is 0 Å². The molecule has 4 atom stereocenters. The highest BCUT2D eigenvalue weighted by Gasteiger charge is 2.46. The molecule has 0 amide bonds. The number of aliphatic hydroxyl groups excluding tert-OH is 1. The third kappa shape index (κ3) is 2.73. The normalized spacial score (nSPS) is 39.8. The standard InChI is InChI=1S/C15H29NO2/c1-12-6-4-8-15(10-12,16(2)3)14(17)13-7-5-9-18-11-13/h12-14,17H,4-11H2,1-3H3. The van der Waals surface area contributed by atoms with E-state index in [0.29, 0.717) is 5.92 Å². The predicted molar refractivity (Wildman–Crippen MR) is 73.6 cm³/mol. The minimum atomic E-state index is -0.240. The van der Waals surface area contributed by atoms with Crippen LogP contribution in [0.1, 0.15) is 45.4 Å². The van der Waals surface area contributed by atoms with Crippen molar-refractivity contribution in [3.05, 3.63) is 0 Å². The molecule has 0 spiro atoms. The Bertz CT molecular complexity index is 263. The Hall–Kier alpha value is -0.120. The van der Waals surface area contributed by atoms with Crippen LogP contribution in [0.2, 0.25) is 0 Å². The molecule has 0 bridgehead atoms. The molecule has 1 heterocycles. The van der Waals surface area contributed by atoms with Gasteiger partial charge in [-0.1, -0.05) is 19.8 Å². The van der Waals surface area contributed by atoms with Crippen LogP contribution in [-0.2, 0) is 4.74 Å². The molecule has 0 aromatic carbocycles. The Morgan fingerprint density at radius 1 is 1.28 bits per heavy atom. The van der Waals surface area contributed by atoms with E-state index in [1.807, 2.05) is 0 Å². The summed E-state index contributed by atoms with van der Waals surface area (Å²) in [5.74, 6) is 1.05. The number of likely N-dealkylation sites (N-methyl/N-ethyl adjacent to an activating group) is 1. The molecule has 1 saturated carbocycles. The van der Waals surface area contributed by atoms with Gasteiger partial charge in [0.05, 0.1) is 12.7 Å². The molecule has 0 aromatic heterocycles. The van der Waals surface area contributed by atoms with Gasteiger partial charge in [-0.15, -0.1) is 0 Å². The van der Waals surface area contributed by atoms with Crippen molar-refractivity contribution in [2.45, 2.75) is 57.1 Å². The van der Waals surface area contributed by atoms with Crippen LogP contribution in [0.25, 0.3) is 0 Å². The summed E-state index contributed by atoms with van der Waals surface area (Å²) in [7, 11) is 4.26. The summed E-state index contributed by atoms with van der Waals surface area (Å²) in [5.41, 5.74) is -0.0248. The van der Waals surface area contributed by atoms with E-state index in [9.17, 15) is 5.11 Å². The maximum atomic E-state index is 10.9. The molecular weight excluding hydrogens is 226 g/mol. The second-order valence-corrected chi connectivity index (χ2v) is 6.62. The van der Waals surface area contributed by atoms with Crippen LogP contribution in [0.4, 0.5) is 0 Å². The maximum Gasteiger partial charge on any atom is 0.0773 e. The van der Waals surface area contributed by atoms with Gasteiger partial charge >= 0.3 is 0 Å². The van der Waals surface area contributed by atoms with E-state index in [4.69, 9.17) is 4.74 Å². The lowest BCUT2D eigenvalue weighted by Gasteiger charge is -2.50. The Morgan fingerprint density at radius 2 is 2.06 bits per heavy atom. The fourth-order valence-corrected chi connectivity index (χ4v) is 3.96. The minimum Gasteiger partial charge on any atom is -0.391 e. The first-order valence-electron chi connectivity index (χ1n) is 7.49. The minimum absolute atomic E-state index is 0.0248. The summed E-state index contributed by atoms with van der Waals surface area (Å²) in [6.07, 6.45) is 6.77. The van der Waals surface area contributed by atoms with Crippen molar-refractivity contribution in [2.75, 3.05) is 27.3 Å². The highest BCUT2D eigenvalue weighted by Crippen LogP contribution is 2.41. The molecule has 18 heavy (non-hydrogen) atoms. The van der Waals surface area contributed by atoms with Gasteiger partial charge in [-0.3, -0.25) is 0 Å². The summed E-state index contributed by atoms with van der Waals surface area (Å²) in [4.78, 5) is 2.28. The van der Waals surface area contributed by atoms with Crippen molar-refractivity contribution < 1.29 is 9.84 Å². The Balaban J connectivity index is 2.12. The quantitative estimate of drug-likeness (QED) is 0.840. The van der Waals surface area contributed by atoms with Crippen LogP contribution >= 0.6 is 0 Å². The van der Waals surface area contributed by atoms with Crippen molar-refractivity contribution in [1.29, 1.82) is 0 Å². The average molecular weight is 255 g/mol. The van der Waals surface area contributed by atoms with E-state index in [2.05, 4.69) is 25.9 Å². The van der Waals surface area contributed by atoms with Gasteiger partial charge in [-0.2, -0.15) is 0 Å². The SMILES string of the molecule is CC1CCCC(C(O)C2CCCOC2)(N(C)C)C1. The zero-order chi connectivity index (χ0) is 13.2. The molecule has 0 radical (unpaired) electrons. The van der Waals surface area contributed by atoms with Crippen molar-refractivity contribution >= 4 is 0 Å². The molecule has 1 aliphatic heterocycles. The smallest absolute Gasteiger partial charge is 0.0773 e. The van der Waals surface area contributed by atoms with E-state index >= 15 is 0 Å².